The predicted octanol–water partition coefficient (Wildman–Crippen LogP) is 11.9. The van der Waals surface area contributed by atoms with Crippen LogP contribution in [-0.2, 0) is 11.2 Å². The van der Waals surface area contributed by atoms with Crippen molar-refractivity contribution in [2.75, 3.05) is 30.0 Å². The molecule has 2 aliphatic heterocycles. The smallest absolute Gasteiger partial charge is 0.187 e. The van der Waals surface area contributed by atoms with Crippen LogP contribution in [0.5, 0.6) is 0 Å². The highest BCUT2D eigenvalue weighted by Gasteiger charge is 2.24. The number of ether oxygens (including phenoxy) is 1. The van der Waals surface area contributed by atoms with Gasteiger partial charge in [0.05, 0.1) is 40.9 Å². The number of aryl methyl sites for hydroxylation is 6. The Labute approximate surface area is 334 Å². The molecule has 0 saturated carbocycles. The molecule has 0 radical (unpaired) electrons. The lowest BCUT2D eigenvalue weighted by Crippen LogP contribution is -2.00. The van der Waals surface area contributed by atoms with Gasteiger partial charge in [0.2, 0.25) is 0 Å². The van der Waals surface area contributed by atoms with Gasteiger partial charge in [0.15, 0.2) is 11.4 Å². The van der Waals surface area contributed by atoms with Gasteiger partial charge in [-0.1, -0.05) is 54.2 Å². The lowest BCUT2D eigenvalue weighted by atomic mass is 9.90. The van der Waals surface area contributed by atoms with Crippen molar-refractivity contribution in [3.63, 3.8) is 0 Å². The van der Waals surface area contributed by atoms with Crippen molar-refractivity contribution < 1.29 is 13.8 Å². The second-order valence-corrected chi connectivity index (χ2v) is 14.2. The van der Waals surface area contributed by atoms with E-state index in [0.717, 1.165) is 102 Å². The summed E-state index contributed by atoms with van der Waals surface area (Å²) in [5, 5.41) is 11.4. The Balaban J connectivity index is 0.000000188. The molecule has 0 bridgehead atoms. The van der Waals surface area contributed by atoms with Crippen LogP contribution < -0.4 is 16.8 Å². The number of hydrogen-bond acceptors (Lipinski definition) is 8. The van der Waals surface area contributed by atoms with Crippen LogP contribution in [0.2, 0.25) is 0 Å². The lowest BCUT2D eigenvalue weighted by molar-refractivity contribution is 0.198. The normalized spacial score (nSPS) is 12.5. The standard InChI is InChI=1S/C21H17N3OS.C19H18N4O.C4H8O.CH4/c1-11-5-6-15(22-4)9-16(11)17-7-14(21-12(2)24-25-13(21)3)8-19-18(17)10-20(26)23-19;1-10-5-6-14(22-4)9-15(10)16-7-13(8-17(20)19(16)21)18-11(2)23-24-12(18)3;1-2-4-5-3-1;/h5-9H,10H2,1-3H3,(H,23,26);5-9H,20-21H2,1-3H3;1-4H2;1H4. The number of nitrogen functional groups attached to an aromatic ring is 2. The molecule has 2 aromatic heterocycles. The molecule has 0 amide bonds. The van der Waals surface area contributed by atoms with Gasteiger partial charge in [-0.05, 0) is 135 Å². The van der Waals surface area contributed by atoms with E-state index in [0.29, 0.717) is 29.2 Å². The number of thiocarbonyl (C=S) groups is 1. The monoisotopic (exact) mass is 765 g/mol. The van der Waals surface area contributed by atoms with Gasteiger partial charge in [0.25, 0.3) is 0 Å². The van der Waals surface area contributed by atoms with E-state index in [2.05, 4.69) is 44.4 Å². The quantitative estimate of drug-likeness (QED) is 0.0910. The lowest BCUT2D eigenvalue weighted by Gasteiger charge is -2.14. The molecule has 8 rings (SSSR count). The minimum Gasteiger partial charge on any atom is -0.397 e. The number of hydrogen-bond donors (Lipinski definition) is 3. The summed E-state index contributed by atoms with van der Waals surface area (Å²) in [6.07, 6.45) is 3.27. The van der Waals surface area contributed by atoms with Crippen LogP contribution in [0.3, 0.4) is 0 Å². The van der Waals surface area contributed by atoms with Crippen molar-refractivity contribution >= 4 is 45.6 Å². The molecule has 5 N–H and O–H groups in total. The van der Waals surface area contributed by atoms with Crippen LogP contribution in [0.15, 0.2) is 69.7 Å². The third-order valence-corrected chi connectivity index (χ3v) is 10.1. The van der Waals surface area contributed by atoms with Gasteiger partial charge in [-0.15, -0.1) is 0 Å². The maximum Gasteiger partial charge on any atom is 0.187 e. The highest BCUT2D eigenvalue weighted by Crippen LogP contribution is 2.42. The first kappa shape index (κ1) is 40.9. The summed E-state index contributed by atoms with van der Waals surface area (Å²) < 4.78 is 15.6. The number of benzene rings is 4. The van der Waals surface area contributed by atoms with Gasteiger partial charge in [0, 0.05) is 42.0 Å². The summed E-state index contributed by atoms with van der Waals surface area (Å²) in [5.41, 5.74) is 28.4. The molecule has 0 spiro atoms. The molecular weight excluding hydrogens is 719 g/mol. The van der Waals surface area contributed by atoms with E-state index >= 15 is 0 Å². The summed E-state index contributed by atoms with van der Waals surface area (Å²) in [6.45, 7) is 28.3. The second kappa shape index (κ2) is 17.5. The van der Waals surface area contributed by atoms with Crippen molar-refractivity contribution in [3.05, 3.63) is 123 Å². The molecule has 1 saturated heterocycles. The van der Waals surface area contributed by atoms with Crippen molar-refractivity contribution in [3.8, 4) is 44.5 Å². The summed E-state index contributed by atoms with van der Waals surface area (Å²) in [5.74, 6) is 1.52. The number of anilines is 3. The van der Waals surface area contributed by atoms with Gasteiger partial charge >= 0.3 is 0 Å². The van der Waals surface area contributed by atoms with Crippen LogP contribution in [-0.4, -0.2) is 28.5 Å². The first-order valence-corrected chi connectivity index (χ1v) is 18.4. The third kappa shape index (κ3) is 8.50. The Kier molecular flexibility index (Phi) is 12.8. The van der Waals surface area contributed by atoms with Gasteiger partial charge in [-0.3, -0.25) is 0 Å². The molecule has 56 heavy (non-hydrogen) atoms. The Hall–Kier alpha value is -6.27. The fraction of sp³-hybridized carbons (Fsp3) is 0.267. The highest BCUT2D eigenvalue weighted by molar-refractivity contribution is 7.80. The van der Waals surface area contributed by atoms with E-state index in [-0.39, 0.29) is 7.43 Å². The molecule has 2 aliphatic rings. The van der Waals surface area contributed by atoms with E-state index in [1.165, 1.54) is 18.4 Å². The van der Waals surface area contributed by atoms with Crippen LogP contribution in [0.4, 0.5) is 28.4 Å². The molecule has 0 aliphatic carbocycles. The first-order valence-electron chi connectivity index (χ1n) is 18.0. The molecule has 0 atom stereocenters. The zero-order chi connectivity index (χ0) is 39.4. The summed E-state index contributed by atoms with van der Waals surface area (Å²) in [6, 6.07) is 19.4. The topological polar surface area (TPSA) is 134 Å². The number of nitrogens with two attached hydrogens (primary N) is 2. The van der Waals surface area contributed by atoms with Crippen LogP contribution in [0, 0.1) is 54.7 Å². The minimum absolute atomic E-state index is 0. The summed E-state index contributed by atoms with van der Waals surface area (Å²) >= 11 is 5.42. The van der Waals surface area contributed by atoms with E-state index in [1.54, 1.807) is 6.07 Å². The molecule has 286 valence electrons. The third-order valence-electron chi connectivity index (χ3n) is 9.83. The molecule has 10 nitrogen and oxygen atoms in total. The Morgan fingerprint density at radius 2 is 1.18 bits per heavy atom. The number of nitrogens with one attached hydrogen (secondary N) is 1. The van der Waals surface area contributed by atoms with E-state index < -0.39 is 0 Å². The predicted molar refractivity (Wildman–Crippen MR) is 231 cm³/mol. The number of nitrogens with zero attached hydrogens (tertiary/aromatic N) is 4. The number of fused-ring (bicyclic) bond motifs is 1. The Bertz CT molecular complexity index is 2470. The van der Waals surface area contributed by atoms with Crippen molar-refractivity contribution in [2.24, 2.45) is 0 Å². The highest BCUT2D eigenvalue weighted by atomic mass is 32.1. The molecule has 4 heterocycles. The zero-order valence-electron chi connectivity index (χ0n) is 31.9. The zero-order valence-corrected chi connectivity index (χ0v) is 32.7. The Morgan fingerprint density at radius 1 is 0.679 bits per heavy atom. The van der Waals surface area contributed by atoms with Crippen molar-refractivity contribution in [1.82, 2.24) is 10.3 Å². The van der Waals surface area contributed by atoms with Crippen LogP contribution >= 0.6 is 12.2 Å². The van der Waals surface area contributed by atoms with Crippen molar-refractivity contribution in [2.45, 2.75) is 68.2 Å². The van der Waals surface area contributed by atoms with Gasteiger partial charge in [-0.25, -0.2) is 9.69 Å². The number of aromatic nitrogens is 2. The molecule has 6 aromatic rings. The molecular formula is C45H47N7O3S. The largest absolute Gasteiger partial charge is 0.397 e. The maximum atomic E-state index is 7.34. The van der Waals surface area contributed by atoms with E-state index in [1.807, 2.05) is 77.1 Å². The SMILES string of the molecule is C.C1CCOC1.[C-]#[N+]c1ccc(C)c(-c2cc(-c3c(C)noc3C)cc(N)c2N)c1.[C-]#[N+]c1ccc(C)c(-c2cc(-c3c(C)noc3C)cc3c2CC(=S)N3)c1. The van der Waals surface area contributed by atoms with Crippen LogP contribution in [0.1, 0.15) is 59.9 Å². The van der Waals surface area contributed by atoms with E-state index in [4.69, 9.17) is 50.6 Å². The number of rotatable bonds is 4. The average molecular weight is 766 g/mol. The molecule has 1 fully saturated rings. The maximum absolute atomic E-state index is 7.34. The van der Waals surface area contributed by atoms with Gasteiger partial charge < -0.3 is 30.6 Å². The van der Waals surface area contributed by atoms with Gasteiger partial charge in [-0.2, -0.15) is 0 Å². The average Bonchev–Trinajstić information content (AvgIpc) is 3.99. The second-order valence-electron chi connectivity index (χ2n) is 13.7. The minimum atomic E-state index is 0. The fourth-order valence-electron chi connectivity index (χ4n) is 7.00. The molecule has 11 heteroatoms. The first-order chi connectivity index (χ1) is 26.4. The van der Waals surface area contributed by atoms with E-state index in [9.17, 15) is 0 Å². The van der Waals surface area contributed by atoms with Crippen LogP contribution in [0.25, 0.3) is 54.2 Å². The van der Waals surface area contributed by atoms with Crippen molar-refractivity contribution in [1.29, 1.82) is 0 Å². The molecule has 4 aromatic carbocycles. The molecule has 0 unspecified atom stereocenters. The summed E-state index contributed by atoms with van der Waals surface area (Å²) in [7, 11) is 0. The fourth-order valence-corrected chi connectivity index (χ4v) is 7.25. The summed E-state index contributed by atoms with van der Waals surface area (Å²) in [4.78, 5) is 7.91. The van der Waals surface area contributed by atoms with Gasteiger partial charge in [0.1, 0.15) is 11.5 Å². The Morgan fingerprint density at radius 3 is 1.64 bits per heavy atom.